The van der Waals surface area contributed by atoms with Crippen molar-refractivity contribution in [2.75, 3.05) is 26.2 Å². The summed E-state index contributed by atoms with van der Waals surface area (Å²) in [4.78, 5) is 5.37. The maximum Gasteiger partial charge on any atom is 0.0441 e. The maximum absolute atomic E-state index is 6.68. The van der Waals surface area contributed by atoms with Gasteiger partial charge in [-0.3, -0.25) is 9.80 Å². The van der Waals surface area contributed by atoms with Gasteiger partial charge in [0.25, 0.3) is 0 Å². The first-order chi connectivity index (χ1) is 15.3. The lowest BCUT2D eigenvalue weighted by Gasteiger charge is -2.38. The highest BCUT2D eigenvalue weighted by Crippen LogP contribution is 2.38. The fraction of sp³-hybridized carbons (Fsp3) is 0.357. The van der Waals surface area contributed by atoms with Crippen LogP contribution in [-0.2, 0) is 6.54 Å². The second-order valence-corrected chi connectivity index (χ2v) is 9.50. The zero-order chi connectivity index (χ0) is 21.0. The molecule has 0 unspecified atom stereocenters. The molecule has 0 N–H and O–H groups in total. The molecule has 2 nitrogen and oxygen atoms in total. The monoisotopic (exact) mass is 430 g/mol. The van der Waals surface area contributed by atoms with Crippen molar-refractivity contribution in [1.29, 1.82) is 0 Å². The average Bonchev–Trinajstić information content (AvgIpc) is 3.24. The van der Waals surface area contributed by atoms with Crippen molar-refractivity contribution < 1.29 is 0 Å². The molecule has 2 heterocycles. The zero-order valence-electron chi connectivity index (χ0n) is 18.0. The lowest BCUT2D eigenvalue weighted by atomic mass is 9.86. The van der Waals surface area contributed by atoms with Crippen LogP contribution in [0.1, 0.15) is 41.4 Å². The van der Waals surface area contributed by atoms with Crippen LogP contribution in [0, 0.1) is 0 Å². The number of piperidine rings is 1. The largest absolute Gasteiger partial charge is 0.298 e. The summed E-state index contributed by atoms with van der Waals surface area (Å²) in [5.41, 5.74) is 4.21. The van der Waals surface area contributed by atoms with Gasteiger partial charge in [0.1, 0.15) is 0 Å². The van der Waals surface area contributed by atoms with Gasteiger partial charge in [0.05, 0.1) is 0 Å². The van der Waals surface area contributed by atoms with Gasteiger partial charge in [-0.15, -0.1) is 0 Å². The highest BCUT2D eigenvalue weighted by molar-refractivity contribution is 6.31. The van der Waals surface area contributed by atoms with Crippen molar-refractivity contribution in [3.8, 4) is 0 Å². The van der Waals surface area contributed by atoms with Gasteiger partial charge in [0.2, 0.25) is 0 Å². The molecule has 2 saturated heterocycles. The van der Waals surface area contributed by atoms with Gasteiger partial charge in [0.15, 0.2) is 0 Å². The van der Waals surface area contributed by atoms with Crippen molar-refractivity contribution in [3.05, 3.63) is 107 Å². The Hall–Kier alpha value is -2.13. The lowest BCUT2D eigenvalue weighted by molar-refractivity contribution is 0.143. The first kappa shape index (κ1) is 20.8. The first-order valence-corrected chi connectivity index (χ1v) is 12.0. The van der Waals surface area contributed by atoms with Crippen LogP contribution in [0.3, 0.4) is 0 Å². The van der Waals surface area contributed by atoms with Gasteiger partial charge in [-0.2, -0.15) is 0 Å². The minimum Gasteiger partial charge on any atom is -0.298 e. The fourth-order valence-corrected chi connectivity index (χ4v) is 5.85. The summed E-state index contributed by atoms with van der Waals surface area (Å²) >= 11 is 6.68. The van der Waals surface area contributed by atoms with Gasteiger partial charge in [0, 0.05) is 36.6 Å². The molecular formula is C28H31ClN2. The van der Waals surface area contributed by atoms with Crippen molar-refractivity contribution in [2.45, 2.75) is 37.3 Å². The van der Waals surface area contributed by atoms with Crippen LogP contribution in [0.5, 0.6) is 0 Å². The molecular weight excluding hydrogens is 400 g/mol. The number of hydrogen-bond acceptors (Lipinski definition) is 2. The van der Waals surface area contributed by atoms with Gasteiger partial charge < -0.3 is 0 Å². The molecule has 0 radical (unpaired) electrons. The number of likely N-dealkylation sites (tertiary alicyclic amines) is 2. The van der Waals surface area contributed by atoms with E-state index in [2.05, 4.69) is 88.7 Å². The van der Waals surface area contributed by atoms with Gasteiger partial charge in [-0.1, -0.05) is 90.5 Å². The molecule has 5 rings (SSSR count). The summed E-state index contributed by atoms with van der Waals surface area (Å²) in [7, 11) is 0. The van der Waals surface area contributed by atoms with Crippen LogP contribution in [0.15, 0.2) is 84.9 Å². The van der Waals surface area contributed by atoms with Crippen LogP contribution in [-0.4, -0.2) is 42.0 Å². The van der Waals surface area contributed by atoms with Crippen molar-refractivity contribution in [1.82, 2.24) is 9.80 Å². The Labute approximate surface area is 191 Å². The van der Waals surface area contributed by atoms with E-state index in [0.717, 1.165) is 24.7 Å². The summed E-state index contributed by atoms with van der Waals surface area (Å²) in [5.74, 6) is 1.16. The number of halogens is 1. The summed E-state index contributed by atoms with van der Waals surface area (Å²) < 4.78 is 0. The first-order valence-electron chi connectivity index (χ1n) is 11.6. The Bertz CT molecular complexity index is 967. The highest BCUT2D eigenvalue weighted by atomic mass is 35.5. The maximum atomic E-state index is 6.68. The molecule has 0 amide bonds. The molecule has 0 spiro atoms. The van der Waals surface area contributed by atoms with Gasteiger partial charge in [-0.05, 0) is 54.6 Å². The SMILES string of the molecule is Clc1ccccc1[C@@H]1CN(Cc2ccccc2)C[C@H]1N1CCC(c2ccccc2)CC1. The van der Waals surface area contributed by atoms with Gasteiger partial charge >= 0.3 is 0 Å². The Morgan fingerprint density at radius 1 is 0.742 bits per heavy atom. The van der Waals surface area contributed by atoms with E-state index < -0.39 is 0 Å². The summed E-state index contributed by atoms with van der Waals surface area (Å²) in [6, 6.07) is 30.9. The number of rotatable bonds is 5. The molecule has 160 valence electrons. The fourth-order valence-electron chi connectivity index (χ4n) is 5.58. The third kappa shape index (κ3) is 4.72. The van der Waals surface area contributed by atoms with E-state index in [1.54, 1.807) is 0 Å². The predicted octanol–water partition coefficient (Wildman–Crippen LogP) is 6.19. The normalized spacial score (nSPS) is 23.3. The van der Waals surface area contributed by atoms with Crippen molar-refractivity contribution >= 4 is 11.6 Å². The number of hydrogen-bond donors (Lipinski definition) is 0. The Morgan fingerprint density at radius 2 is 1.39 bits per heavy atom. The Balaban J connectivity index is 1.33. The molecule has 3 aromatic carbocycles. The Kier molecular flexibility index (Phi) is 6.40. The minimum absolute atomic E-state index is 0.464. The molecule has 31 heavy (non-hydrogen) atoms. The van der Waals surface area contributed by atoms with Crippen LogP contribution < -0.4 is 0 Å². The molecule has 3 aromatic rings. The number of nitrogens with zero attached hydrogens (tertiary/aromatic N) is 2. The number of benzene rings is 3. The minimum atomic E-state index is 0.464. The smallest absolute Gasteiger partial charge is 0.0441 e. The van der Waals surface area contributed by atoms with Gasteiger partial charge in [-0.25, -0.2) is 0 Å². The topological polar surface area (TPSA) is 6.48 Å². The van der Waals surface area contributed by atoms with Crippen molar-refractivity contribution in [2.24, 2.45) is 0 Å². The van der Waals surface area contributed by atoms with E-state index in [0.29, 0.717) is 17.9 Å². The second kappa shape index (κ2) is 9.56. The third-order valence-electron chi connectivity index (χ3n) is 7.19. The molecule has 2 aliphatic rings. The third-order valence-corrected chi connectivity index (χ3v) is 7.53. The van der Waals surface area contributed by atoms with E-state index in [9.17, 15) is 0 Å². The molecule has 2 atom stereocenters. The molecule has 2 fully saturated rings. The lowest BCUT2D eigenvalue weighted by Crippen LogP contribution is -2.44. The average molecular weight is 431 g/mol. The molecule has 0 aromatic heterocycles. The molecule has 0 aliphatic carbocycles. The van der Waals surface area contributed by atoms with E-state index >= 15 is 0 Å². The highest BCUT2D eigenvalue weighted by Gasteiger charge is 2.39. The van der Waals surface area contributed by atoms with Crippen LogP contribution in [0.2, 0.25) is 5.02 Å². The second-order valence-electron chi connectivity index (χ2n) is 9.10. The summed E-state index contributed by atoms with van der Waals surface area (Å²) in [5, 5.41) is 0.915. The van der Waals surface area contributed by atoms with E-state index in [4.69, 9.17) is 11.6 Å². The standard InChI is InChI=1S/C28H31ClN2/c29-27-14-8-7-13-25(27)26-20-30(19-22-9-3-1-4-10-22)21-28(26)31-17-15-24(16-18-31)23-11-5-2-6-12-23/h1-14,24,26,28H,15-21H2/t26-,28+/m0/s1. The molecule has 0 bridgehead atoms. The van der Waals surface area contributed by atoms with E-state index in [1.165, 1.54) is 42.6 Å². The van der Waals surface area contributed by atoms with Crippen LogP contribution in [0.4, 0.5) is 0 Å². The summed E-state index contributed by atoms with van der Waals surface area (Å²) in [6.45, 7) is 5.54. The van der Waals surface area contributed by atoms with E-state index in [1.807, 2.05) is 6.07 Å². The predicted molar refractivity (Wildman–Crippen MR) is 130 cm³/mol. The molecule has 2 aliphatic heterocycles. The quantitative estimate of drug-likeness (QED) is 0.476. The van der Waals surface area contributed by atoms with E-state index in [-0.39, 0.29) is 0 Å². The van der Waals surface area contributed by atoms with Crippen molar-refractivity contribution in [3.63, 3.8) is 0 Å². The zero-order valence-corrected chi connectivity index (χ0v) is 18.8. The van der Waals surface area contributed by atoms with Crippen LogP contribution in [0.25, 0.3) is 0 Å². The Morgan fingerprint density at radius 3 is 2.10 bits per heavy atom. The molecule has 0 saturated carbocycles. The summed E-state index contributed by atoms with van der Waals surface area (Å²) in [6.07, 6.45) is 2.49. The van der Waals surface area contributed by atoms with Crippen LogP contribution >= 0.6 is 11.6 Å². The molecule has 3 heteroatoms.